The van der Waals surface area contributed by atoms with E-state index in [1.807, 2.05) is 0 Å². The molecule has 30 heavy (non-hydrogen) atoms. The van der Waals surface area contributed by atoms with E-state index < -0.39 is 39.5 Å². The summed E-state index contributed by atoms with van der Waals surface area (Å²) >= 11 is 0.295. The summed E-state index contributed by atoms with van der Waals surface area (Å²) < 4.78 is 79.3. The van der Waals surface area contributed by atoms with Gasteiger partial charge in [-0.25, -0.2) is 4.39 Å². The zero-order valence-corrected chi connectivity index (χ0v) is 16.9. The highest BCUT2D eigenvalue weighted by Crippen LogP contribution is 2.60. The van der Waals surface area contributed by atoms with Gasteiger partial charge in [-0.2, -0.15) is 22.7 Å². The maximum Gasteiger partial charge on any atom is 0.410 e. The Kier molecular flexibility index (Phi) is 5.85. The Bertz CT molecular complexity index is 1000. The minimum absolute atomic E-state index is 0.0655. The molecule has 0 saturated carbocycles. The normalized spacial score (nSPS) is 21.5. The average Bonchev–Trinajstić information content (AvgIpc) is 3.28. The first-order valence-corrected chi connectivity index (χ1v) is 9.59. The Labute approximate surface area is 172 Å². The van der Waals surface area contributed by atoms with Gasteiger partial charge in [0.1, 0.15) is 5.25 Å². The fourth-order valence-corrected chi connectivity index (χ4v) is 4.65. The maximum atomic E-state index is 14.3. The molecule has 2 heterocycles. The molecule has 1 aromatic heterocycles. The van der Waals surface area contributed by atoms with Crippen LogP contribution in [0.4, 0.5) is 22.0 Å². The molecular formula is C19H17F5N2O3S. The summed E-state index contributed by atoms with van der Waals surface area (Å²) in [5.74, 6) is -4.13. The summed E-state index contributed by atoms with van der Waals surface area (Å²) in [6.07, 6.45) is -1.78. The van der Waals surface area contributed by atoms with Crippen LogP contribution in [0.5, 0.6) is 5.75 Å². The third-order valence-corrected chi connectivity index (χ3v) is 6.20. The van der Waals surface area contributed by atoms with Gasteiger partial charge in [-0.15, -0.1) is 11.8 Å². The van der Waals surface area contributed by atoms with Gasteiger partial charge in [-0.05, 0) is 30.7 Å². The van der Waals surface area contributed by atoms with Crippen molar-refractivity contribution in [1.82, 2.24) is 9.78 Å². The quantitative estimate of drug-likeness (QED) is 0.506. The minimum Gasteiger partial charge on any atom is -0.493 e. The molecule has 3 rings (SSSR count). The number of halogens is 5. The summed E-state index contributed by atoms with van der Waals surface area (Å²) in [6, 6.07) is 1.84. The summed E-state index contributed by atoms with van der Waals surface area (Å²) in [7, 11) is 2.51. The highest BCUT2D eigenvalue weighted by atomic mass is 32.2. The topological polar surface area (TPSA) is 53.3 Å². The lowest BCUT2D eigenvalue weighted by Crippen LogP contribution is -2.37. The van der Waals surface area contributed by atoms with E-state index in [0.717, 1.165) is 31.5 Å². The van der Waals surface area contributed by atoms with Crippen molar-refractivity contribution in [3.05, 3.63) is 53.4 Å². The fourth-order valence-electron chi connectivity index (χ4n) is 3.23. The number of rotatable bonds is 5. The molecule has 0 bridgehead atoms. The van der Waals surface area contributed by atoms with Gasteiger partial charge in [0.15, 0.2) is 16.3 Å². The number of methoxy groups -OCH3 is 1. The van der Waals surface area contributed by atoms with Crippen LogP contribution in [0.2, 0.25) is 0 Å². The highest BCUT2D eigenvalue weighted by molar-refractivity contribution is 8.02. The average molecular weight is 448 g/mol. The summed E-state index contributed by atoms with van der Waals surface area (Å²) in [5.41, 5.74) is -0.569. The first-order valence-electron chi connectivity index (χ1n) is 8.71. The van der Waals surface area contributed by atoms with Gasteiger partial charge < -0.3 is 9.47 Å². The number of hydrogen-bond acceptors (Lipinski definition) is 5. The predicted octanol–water partition coefficient (Wildman–Crippen LogP) is 4.23. The molecule has 0 amide bonds. The van der Waals surface area contributed by atoms with Crippen LogP contribution in [0.3, 0.4) is 0 Å². The standard InChI is InChI=1S/C19H17F5N2O3S/c1-4-29-17(27)16-12(11-5-6-13(20)14(21)15(11)28-3)7-18(30-16,19(22,23)24)10-8-25-26(2)9-10/h5-9,16H,4H2,1-3H3. The first-order chi connectivity index (χ1) is 14.1. The van der Waals surface area contributed by atoms with E-state index >= 15 is 0 Å². The van der Waals surface area contributed by atoms with Gasteiger partial charge in [0.05, 0.1) is 19.9 Å². The Morgan fingerprint density at radius 1 is 1.33 bits per heavy atom. The molecule has 0 radical (unpaired) electrons. The molecular weight excluding hydrogens is 431 g/mol. The number of aryl methyl sites for hydroxylation is 1. The molecule has 11 heteroatoms. The molecule has 1 aromatic carbocycles. The Morgan fingerprint density at radius 3 is 2.57 bits per heavy atom. The third kappa shape index (κ3) is 3.55. The molecule has 5 nitrogen and oxygen atoms in total. The van der Waals surface area contributed by atoms with Gasteiger partial charge in [-0.3, -0.25) is 9.48 Å². The van der Waals surface area contributed by atoms with Crippen LogP contribution in [-0.2, 0) is 21.3 Å². The Balaban J connectivity index is 2.28. The lowest BCUT2D eigenvalue weighted by Gasteiger charge is -2.29. The van der Waals surface area contributed by atoms with Gasteiger partial charge >= 0.3 is 12.1 Å². The molecule has 2 unspecified atom stereocenters. The van der Waals surface area contributed by atoms with E-state index in [0.29, 0.717) is 11.8 Å². The van der Waals surface area contributed by atoms with Crippen LogP contribution in [0.25, 0.3) is 5.57 Å². The van der Waals surface area contributed by atoms with Crippen molar-refractivity contribution in [3.63, 3.8) is 0 Å². The minimum atomic E-state index is -4.83. The van der Waals surface area contributed by atoms with Crippen molar-refractivity contribution >= 4 is 23.3 Å². The number of aromatic nitrogens is 2. The number of benzene rings is 1. The molecule has 1 aliphatic heterocycles. The monoisotopic (exact) mass is 448 g/mol. The van der Waals surface area contributed by atoms with Crippen LogP contribution >= 0.6 is 11.8 Å². The summed E-state index contributed by atoms with van der Waals surface area (Å²) in [4.78, 5) is 12.6. The molecule has 0 N–H and O–H groups in total. The van der Waals surface area contributed by atoms with Crippen LogP contribution in [0.1, 0.15) is 18.1 Å². The molecule has 2 aromatic rings. The van der Waals surface area contributed by atoms with Gasteiger partial charge in [0.2, 0.25) is 5.82 Å². The van der Waals surface area contributed by atoms with Crippen molar-refractivity contribution < 1.29 is 36.2 Å². The Hall–Kier alpha value is -2.56. The van der Waals surface area contributed by atoms with E-state index in [9.17, 15) is 26.7 Å². The number of alkyl halides is 3. The summed E-state index contributed by atoms with van der Waals surface area (Å²) in [5, 5.41) is 2.35. The Morgan fingerprint density at radius 2 is 2.03 bits per heavy atom. The lowest BCUT2D eigenvalue weighted by atomic mass is 9.93. The van der Waals surface area contributed by atoms with Crippen molar-refractivity contribution in [1.29, 1.82) is 0 Å². The van der Waals surface area contributed by atoms with E-state index in [4.69, 9.17) is 9.47 Å². The van der Waals surface area contributed by atoms with Crippen LogP contribution in [0, 0.1) is 11.6 Å². The number of carbonyl (C=O) groups excluding carboxylic acids is 1. The van der Waals surface area contributed by atoms with Crippen LogP contribution in [-0.4, -0.2) is 40.9 Å². The van der Waals surface area contributed by atoms with Crippen molar-refractivity contribution in [2.75, 3.05) is 13.7 Å². The van der Waals surface area contributed by atoms with E-state index in [2.05, 4.69) is 5.10 Å². The number of nitrogens with zero attached hydrogens (tertiary/aromatic N) is 2. The van der Waals surface area contributed by atoms with Crippen LogP contribution in [0.15, 0.2) is 30.6 Å². The van der Waals surface area contributed by atoms with Gasteiger partial charge in [0, 0.05) is 24.4 Å². The fraction of sp³-hybridized carbons (Fsp3) is 0.368. The zero-order chi connectivity index (χ0) is 22.3. The van der Waals surface area contributed by atoms with E-state index in [1.165, 1.54) is 24.9 Å². The largest absolute Gasteiger partial charge is 0.493 e. The molecule has 0 aliphatic carbocycles. The first kappa shape index (κ1) is 22.1. The molecule has 1 aliphatic rings. The molecule has 0 fully saturated rings. The maximum absolute atomic E-state index is 14.3. The van der Waals surface area contributed by atoms with E-state index in [-0.39, 0.29) is 23.3 Å². The van der Waals surface area contributed by atoms with E-state index in [1.54, 1.807) is 0 Å². The number of carbonyl (C=O) groups is 1. The molecule has 2 atom stereocenters. The van der Waals surface area contributed by atoms with Crippen LogP contribution < -0.4 is 4.74 Å². The predicted molar refractivity (Wildman–Crippen MR) is 99.8 cm³/mol. The lowest BCUT2D eigenvalue weighted by molar-refractivity contribution is -0.149. The van der Waals surface area contributed by atoms with Crippen molar-refractivity contribution in [2.45, 2.75) is 23.1 Å². The van der Waals surface area contributed by atoms with Crippen molar-refractivity contribution in [3.8, 4) is 5.75 Å². The molecule has 0 saturated heterocycles. The smallest absolute Gasteiger partial charge is 0.410 e. The summed E-state index contributed by atoms with van der Waals surface area (Å²) in [6.45, 7) is 1.45. The number of thioether (sulfide) groups is 1. The zero-order valence-electron chi connectivity index (χ0n) is 16.1. The van der Waals surface area contributed by atoms with Gasteiger partial charge in [0.25, 0.3) is 0 Å². The second kappa shape index (κ2) is 7.93. The molecule has 162 valence electrons. The second-order valence-electron chi connectivity index (χ2n) is 6.43. The second-order valence-corrected chi connectivity index (χ2v) is 7.78. The third-order valence-electron chi connectivity index (χ3n) is 4.57. The number of hydrogen-bond donors (Lipinski definition) is 0. The number of ether oxygens (including phenoxy) is 2. The molecule has 0 spiro atoms. The van der Waals surface area contributed by atoms with Gasteiger partial charge in [-0.1, -0.05) is 0 Å². The van der Waals surface area contributed by atoms with Crippen molar-refractivity contribution in [2.24, 2.45) is 7.05 Å². The number of esters is 1. The SMILES string of the molecule is CCOC(=O)C1SC(c2cnn(C)c2)(C(F)(F)F)C=C1c1ccc(F)c(F)c1OC. The highest BCUT2D eigenvalue weighted by Gasteiger charge is 2.61.